The molecule has 0 bridgehead atoms. The average Bonchev–Trinajstić information content (AvgIpc) is 3.53. The minimum absolute atomic E-state index is 0.00897. The number of anilines is 1. The summed E-state index contributed by atoms with van der Waals surface area (Å²) in [5.74, 6) is -0.188. The number of carbonyl (C=O) groups excluding carboxylic acids is 2. The lowest BCUT2D eigenvalue weighted by atomic mass is 9.97. The van der Waals surface area contributed by atoms with E-state index >= 15 is 0 Å². The largest absolute Gasteiger partial charge is 0.368 e. The lowest BCUT2D eigenvalue weighted by molar-refractivity contribution is 0.0746. The Labute approximate surface area is 208 Å². The SMILES string of the molecule is Nc1nc(C(=O)N2Cc3ccccc3C2)c2cc(-c3ccccc3C(=O)N3CCC(N)C3)ccc2n1. The molecule has 8 nitrogen and oxygen atoms in total. The lowest BCUT2D eigenvalue weighted by Crippen LogP contribution is -2.32. The molecule has 1 aromatic heterocycles. The van der Waals surface area contributed by atoms with Gasteiger partial charge in [0.2, 0.25) is 5.95 Å². The minimum atomic E-state index is -0.196. The molecule has 6 rings (SSSR count). The van der Waals surface area contributed by atoms with Gasteiger partial charge in [-0.25, -0.2) is 9.97 Å². The molecule has 0 radical (unpaired) electrons. The molecule has 36 heavy (non-hydrogen) atoms. The predicted molar refractivity (Wildman–Crippen MR) is 138 cm³/mol. The fourth-order valence-corrected chi connectivity index (χ4v) is 5.17. The maximum Gasteiger partial charge on any atom is 0.273 e. The second-order valence-electron chi connectivity index (χ2n) is 9.44. The van der Waals surface area contributed by atoms with E-state index in [1.165, 1.54) is 0 Å². The van der Waals surface area contributed by atoms with Crippen molar-refractivity contribution < 1.29 is 9.59 Å². The first-order valence-electron chi connectivity index (χ1n) is 12.1. The molecule has 1 unspecified atom stereocenters. The van der Waals surface area contributed by atoms with Gasteiger partial charge in [0, 0.05) is 43.2 Å². The summed E-state index contributed by atoms with van der Waals surface area (Å²) in [5, 5.41) is 0.605. The van der Waals surface area contributed by atoms with Crippen molar-refractivity contribution in [1.82, 2.24) is 19.8 Å². The molecule has 8 heteroatoms. The Morgan fingerprint density at radius 3 is 2.31 bits per heavy atom. The molecular formula is C28H26N6O2. The zero-order valence-electron chi connectivity index (χ0n) is 19.7. The number of nitrogens with zero attached hydrogens (tertiary/aromatic N) is 4. The van der Waals surface area contributed by atoms with Crippen LogP contribution < -0.4 is 11.5 Å². The molecule has 1 atom stereocenters. The fourth-order valence-electron chi connectivity index (χ4n) is 5.17. The Kier molecular flexibility index (Phi) is 5.38. The number of rotatable bonds is 3. The van der Waals surface area contributed by atoms with Crippen LogP contribution in [0, 0.1) is 0 Å². The highest BCUT2D eigenvalue weighted by atomic mass is 16.2. The van der Waals surface area contributed by atoms with E-state index in [1.54, 1.807) is 9.80 Å². The molecule has 0 aliphatic carbocycles. The van der Waals surface area contributed by atoms with Crippen molar-refractivity contribution in [3.63, 3.8) is 0 Å². The summed E-state index contributed by atoms with van der Waals surface area (Å²) in [6, 6.07) is 21.2. The van der Waals surface area contributed by atoms with Gasteiger partial charge in [0.1, 0.15) is 5.69 Å². The van der Waals surface area contributed by atoms with Gasteiger partial charge in [0.15, 0.2) is 0 Å². The smallest absolute Gasteiger partial charge is 0.273 e. The van der Waals surface area contributed by atoms with Crippen LogP contribution in [0.15, 0.2) is 66.7 Å². The van der Waals surface area contributed by atoms with Crippen molar-refractivity contribution in [2.45, 2.75) is 25.6 Å². The van der Waals surface area contributed by atoms with E-state index in [2.05, 4.69) is 9.97 Å². The molecule has 2 aliphatic heterocycles. The van der Waals surface area contributed by atoms with Crippen LogP contribution in [0.1, 0.15) is 38.4 Å². The average molecular weight is 479 g/mol. The third kappa shape index (κ3) is 3.85. The Hall–Kier alpha value is -4.30. The number of likely N-dealkylation sites (tertiary alicyclic amines) is 1. The Morgan fingerprint density at radius 1 is 0.861 bits per heavy atom. The summed E-state index contributed by atoms with van der Waals surface area (Å²) in [5.41, 5.74) is 17.3. The van der Waals surface area contributed by atoms with Crippen LogP contribution in [0.3, 0.4) is 0 Å². The Morgan fingerprint density at radius 2 is 1.58 bits per heavy atom. The monoisotopic (exact) mass is 478 g/mol. The molecule has 4 aromatic rings. The van der Waals surface area contributed by atoms with Crippen molar-refractivity contribution in [1.29, 1.82) is 0 Å². The zero-order chi connectivity index (χ0) is 24.8. The van der Waals surface area contributed by atoms with Crippen LogP contribution in [0.25, 0.3) is 22.0 Å². The number of hydrogen-bond acceptors (Lipinski definition) is 6. The highest BCUT2D eigenvalue weighted by Crippen LogP contribution is 2.31. The second-order valence-corrected chi connectivity index (χ2v) is 9.44. The number of nitrogen functional groups attached to an aromatic ring is 1. The molecule has 1 fully saturated rings. The van der Waals surface area contributed by atoms with Crippen LogP contribution in [-0.2, 0) is 13.1 Å². The predicted octanol–water partition coefficient (Wildman–Crippen LogP) is 3.21. The fraction of sp³-hybridized carbons (Fsp3) is 0.214. The third-order valence-electron chi connectivity index (χ3n) is 7.02. The molecule has 3 heterocycles. The highest BCUT2D eigenvalue weighted by molar-refractivity contribution is 6.07. The van der Waals surface area contributed by atoms with Gasteiger partial charge in [-0.2, -0.15) is 0 Å². The topological polar surface area (TPSA) is 118 Å². The Balaban J connectivity index is 1.40. The van der Waals surface area contributed by atoms with E-state index in [4.69, 9.17) is 11.5 Å². The number of fused-ring (bicyclic) bond motifs is 2. The van der Waals surface area contributed by atoms with Gasteiger partial charge in [0.25, 0.3) is 11.8 Å². The maximum atomic E-state index is 13.6. The van der Waals surface area contributed by atoms with Crippen LogP contribution in [0.4, 0.5) is 5.95 Å². The summed E-state index contributed by atoms with van der Waals surface area (Å²) in [6.07, 6.45) is 0.800. The molecule has 2 aliphatic rings. The van der Waals surface area contributed by atoms with Gasteiger partial charge >= 0.3 is 0 Å². The number of benzene rings is 3. The summed E-state index contributed by atoms with van der Waals surface area (Å²) < 4.78 is 0. The maximum absolute atomic E-state index is 13.6. The summed E-state index contributed by atoms with van der Waals surface area (Å²) in [6.45, 7) is 2.25. The third-order valence-corrected chi connectivity index (χ3v) is 7.02. The van der Waals surface area contributed by atoms with Gasteiger partial charge < -0.3 is 21.3 Å². The van der Waals surface area contributed by atoms with E-state index in [0.29, 0.717) is 42.6 Å². The van der Waals surface area contributed by atoms with E-state index in [9.17, 15) is 9.59 Å². The van der Waals surface area contributed by atoms with Gasteiger partial charge in [-0.05, 0) is 46.9 Å². The van der Waals surface area contributed by atoms with Crippen molar-refractivity contribution in [3.05, 3.63) is 89.1 Å². The standard InChI is InChI=1S/C28H26N6O2/c29-20-11-12-33(16-20)26(35)22-8-4-3-7-21(22)17-9-10-24-23(13-17)25(32-28(30)31-24)27(36)34-14-18-5-1-2-6-19(18)15-34/h1-10,13,20H,11-12,14-16,29H2,(H2,30,31,32). The number of aromatic nitrogens is 2. The Bertz CT molecular complexity index is 1490. The van der Waals surface area contributed by atoms with Gasteiger partial charge in [-0.1, -0.05) is 48.5 Å². The molecule has 0 spiro atoms. The van der Waals surface area contributed by atoms with E-state index in [1.807, 2.05) is 66.7 Å². The van der Waals surface area contributed by atoms with Crippen molar-refractivity contribution >= 4 is 28.7 Å². The minimum Gasteiger partial charge on any atom is -0.368 e. The molecular weight excluding hydrogens is 452 g/mol. The first kappa shape index (κ1) is 22.2. The number of nitrogens with two attached hydrogens (primary N) is 2. The van der Waals surface area contributed by atoms with Crippen molar-refractivity contribution in [2.24, 2.45) is 5.73 Å². The number of hydrogen-bond donors (Lipinski definition) is 2. The van der Waals surface area contributed by atoms with Crippen molar-refractivity contribution in [2.75, 3.05) is 18.8 Å². The van der Waals surface area contributed by atoms with Crippen LogP contribution in [0.5, 0.6) is 0 Å². The summed E-state index contributed by atoms with van der Waals surface area (Å²) in [7, 11) is 0. The zero-order valence-corrected chi connectivity index (χ0v) is 19.7. The molecule has 2 amide bonds. The van der Waals surface area contributed by atoms with E-state index < -0.39 is 0 Å². The first-order chi connectivity index (χ1) is 17.5. The first-order valence-corrected chi connectivity index (χ1v) is 12.1. The highest BCUT2D eigenvalue weighted by Gasteiger charge is 2.28. The second kappa shape index (κ2) is 8.73. The summed E-state index contributed by atoms with van der Waals surface area (Å²) >= 11 is 0. The van der Waals surface area contributed by atoms with Gasteiger partial charge in [0.05, 0.1) is 5.52 Å². The molecule has 4 N–H and O–H groups in total. The van der Waals surface area contributed by atoms with Gasteiger partial charge in [-0.3, -0.25) is 9.59 Å². The number of amides is 2. The molecule has 1 saturated heterocycles. The summed E-state index contributed by atoms with van der Waals surface area (Å²) in [4.78, 5) is 39.2. The van der Waals surface area contributed by atoms with Crippen molar-refractivity contribution in [3.8, 4) is 11.1 Å². The van der Waals surface area contributed by atoms with Gasteiger partial charge in [-0.15, -0.1) is 0 Å². The quantitative estimate of drug-likeness (QED) is 0.467. The van der Waals surface area contributed by atoms with E-state index in [-0.39, 0.29) is 29.5 Å². The normalized spacial score (nSPS) is 17.0. The van der Waals surface area contributed by atoms with Crippen LogP contribution in [-0.4, -0.2) is 50.7 Å². The number of carbonyl (C=O) groups is 2. The van der Waals surface area contributed by atoms with E-state index in [0.717, 1.165) is 28.7 Å². The molecule has 0 saturated carbocycles. The van der Waals surface area contributed by atoms with Crippen LogP contribution >= 0.6 is 0 Å². The molecule has 180 valence electrons. The lowest BCUT2D eigenvalue weighted by Gasteiger charge is -2.19. The van der Waals surface area contributed by atoms with Crippen LogP contribution in [0.2, 0.25) is 0 Å². The molecule has 3 aromatic carbocycles.